The molecule has 0 saturated carbocycles. The van der Waals surface area contributed by atoms with E-state index in [0.29, 0.717) is 12.3 Å². The number of hydrogen-bond donors (Lipinski definition) is 0. The van der Waals surface area contributed by atoms with Crippen LogP contribution >= 0.6 is 15.9 Å². The van der Waals surface area contributed by atoms with Gasteiger partial charge in [-0.1, -0.05) is 19.1 Å². The average Bonchev–Trinajstić information content (AvgIpc) is 2.73. The van der Waals surface area contributed by atoms with Gasteiger partial charge in [-0.25, -0.2) is 4.68 Å². The summed E-state index contributed by atoms with van der Waals surface area (Å²) < 4.78 is 2.87. The summed E-state index contributed by atoms with van der Waals surface area (Å²) in [7, 11) is 0. The minimum atomic E-state index is 0.210. The maximum Gasteiger partial charge on any atom is 0.166 e. The highest BCUT2D eigenvalue weighted by molar-refractivity contribution is 9.10. The summed E-state index contributed by atoms with van der Waals surface area (Å²) in [6.45, 7) is 2.11. The molecule has 1 aromatic carbocycles. The number of fused-ring (bicyclic) bond motifs is 1. The van der Waals surface area contributed by atoms with E-state index in [4.69, 9.17) is 0 Å². The SMILES string of the molecule is C[C@@H]1CC(=O)c2cnn(-c3ccccc3Br)c2C1. The van der Waals surface area contributed by atoms with Gasteiger partial charge in [0.15, 0.2) is 5.78 Å². The maximum atomic E-state index is 12.0. The third-order valence-corrected chi connectivity index (χ3v) is 4.00. The Morgan fingerprint density at radius 1 is 1.33 bits per heavy atom. The molecule has 92 valence electrons. The number of benzene rings is 1. The Kier molecular flexibility index (Phi) is 2.82. The molecule has 3 rings (SSSR count). The Morgan fingerprint density at radius 3 is 2.89 bits per heavy atom. The van der Waals surface area contributed by atoms with Gasteiger partial charge in [0.2, 0.25) is 0 Å². The Hall–Kier alpha value is -1.42. The second-order valence-corrected chi connectivity index (χ2v) is 5.66. The fourth-order valence-electron chi connectivity index (χ4n) is 2.46. The van der Waals surface area contributed by atoms with Crippen LogP contribution in [0.1, 0.15) is 29.4 Å². The van der Waals surface area contributed by atoms with Gasteiger partial charge in [0.25, 0.3) is 0 Å². The second-order valence-electron chi connectivity index (χ2n) is 4.80. The van der Waals surface area contributed by atoms with Gasteiger partial charge >= 0.3 is 0 Å². The lowest BCUT2D eigenvalue weighted by molar-refractivity contribution is 0.0952. The van der Waals surface area contributed by atoms with Crippen molar-refractivity contribution in [1.82, 2.24) is 9.78 Å². The molecule has 1 aliphatic carbocycles. The molecule has 0 bridgehead atoms. The highest BCUT2D eigenvalue weighted by Gasteiger charge is 2.27. The number of para-hydroxylation sites is 1. The van der Waals surface area contributed by atoms with Gasteiger partial charge in [0.1, 0.15) is 0 Å². The van der Waals surface area contributed by atoms with Crippen molar-refractivity contribution >= 4 is 21.7 Å². The van der Waals surface area contributed by atoms with Gasteiger partial charge in [0.05, 0.1) is 23.1 Å². The quantitative estimate of drug-likeness (QED) is 0.809. The standard InChI is InChI=1S/C14H13BrN2O/c1-9-6-13-10(14(18)7-9)8-16-17(13)12-5-3-2-4-11(12)15/h2-5,8-9H,6-7H2,1H3/t9-/m0/s1. The summed E-state index contributed by atoms with van der Waals surface area (Å²) in [5.41, 5.74) is 2.80. The Balaban J connectivity index is 2.16. The molecule has 0 N–H and O–H groups in total. The fourth-order valence-corrected chi connectivity index (χ4v) is 2.92. The molecule has 18 heavy (non-hydrogen) atoms. The van der Waals surface area contributed by atoms with Crippen LogP contribution in [0.5, 0.6) is 0 Å². The number of carbonyl (C=O) groups excluding carboxylic acids is 1. The Labute approximate surface area is 114 Å². The molecule has 4 heteroatoms. The number of rotatable bonds is 1. The number of aromatic nitrogens is 2. The zero-order chi connectivity index (χ0) is 12.7. The first kappa shape index (κ1) is 11.7. The molecule has 1 heterocycles. The molecular weight excluding hydrogens is 292 g/mol. The van der Waals surface area contributed by atoms with E-state index in [1.807, 2.05) is 28.9 Å². The zero-order valence-corrected chi connectivity index (χ0v) is 11.6. The number of nitrogens with zero attached hydrogens (tertiary/aromatic N) is 2. The summed E-state index contributed by atoms with van der Waals surface area (Å²) in [6, 6.07) is 7.93. The van der Waals surface area contributed by atoms with Crippen molar-refractivity contribution in [2.24, 2.45) is 5.92 Å². The summed E-state index contributed by atoms with van der Waals surface area (Å²) >= 11 is 3.53. The lowest BCUT2D eigenvalue weighted by atomic mass is 9.88. The van der Waals surface area contributed by atoms with Crippen LogP contribution in [0, 0.1) is 5.92 Å². The molecule has 0 amide bonds. The topological polar surface area (TPSA) is 34.9 Å². The predicted octanol–water partition coefficient (Wildman–Crippen LogP) is 3.40. The first-order chi connectivity index (χ1) is 8.66. The van der Waals surface area contributed by atoms with Crippen LogP contribution in [0.15, 0.2) is 34.9 Å². The van der Waals surface area contributed by atoms with Crippen LogP contribution < -0.4 is 0 Å². The lowest BCUT2D eigenvalue weighted by Gasteiger charge is -2.19. The maximum absolute atomic E-state index is 12.0. The molecule has 0 aliphatic heterocycles. The van der Waals surface area contributed by atoms with E-state index in [2.05, 4.69) is 28.0 Å². The van der Waals surface area contributed by atoms with Gasteiger partial charge in [0, 0.05) is 10.9 Å². The van der Waals surface area contributed by atoms with Crippen molar-refractivity contribution in [3.63, 3.8) is 0 Å². The largest absolute Gasteiger partial charge is 0.294 e. The molecule has 0 radical (unpaired) electrons. The zero-order valence-electron chi connectivity index (χ0n) is 10.1. The molecule has 0 unspecified atom stereocenters. The summed E-state index contributed by atoms with van der Waals surface area (Å²) in [6.07, 6.45) is 3.24. The molecular formula is C14H13BrN2O. The van der Waals surface area contributed by atoms with Crippen molar-refractivity contribution in [1.29, 1.82) is 0 Å². The number of halogens is 1. The minimum Gasteiger partial charge on any atom is -0.294 e. The summed E-state index contributed by atoms with van der Waals surface area (Å²) in [5.74, 6) is 0.602. The highest BCUT2D eigenvalue weighted by atomic mass is 79.9. The monoisotopic (exact) mass is 304 g/mol. The molecule has 3 nitrogen and oxygen atoms in total. The third-order valence-electron chi connectivity index (χ3n) is 3.33. The smallest absolute Gasteiger partial charge is 0.166 e. The van der Waals surface area contributed by atoms with E-state index < -0.39 is 0 Å². The number of Topliss-reactive ketones (excluding diaryl/α,β-unsaturated/α-hetero) is 1. The van der Waals surface area contributed by atoms with Gasteiger partial charge < -0.3 is 0 Å². The minimum absolute atomic E-state index is 0.210. The van der Waals surface area contributed by atoms with Crippen LogP contribution in [-0.2, 0) is 6.42 Å². The van der Waals surface area contributed by atoms with Gasteiger partial charge in [-0.05, 0) is 40.4 Å². The average molecular weight is 305 g/mol. The molecule has 0 saturated heterocycles. The van der Waals surface area contributed by atoms with Crippen molar-refractivity contribution in [3.8, 4) is 5.69 Å². The van der Waals surface area contributed by atoms with E-state index in [9.17, 15) is 4.79 Å². The van der Waals surface area contributed by atoms with Crippen molar-refractivity contribution in [3.05, 3.63) is 46.2 Å². The van der Waals surface area contributed by atoms with E-state index >= 15 is 0 Å². The first-order valence-corrected chi connectivity index (χ1v) is 6.81. The van der Waals surface area contributed by atoms with Crippen LogP contribution in [-0.4, -0.2) is 15.6 Å². The molecule has 2 aromatic rings. The third kappa shape index (κ3) is 1.81. The predicted molar refractivity (Wildman–Crippen MR) is 73.1 cm³/mol. The van der Waals surface area contributed by atoms with E-state index in [-0.39, 0.29) is 5.78 Å². The van der Waals surface area contributed by atoms with Crippen molar-refractivity contribution in [2.45, 2.75) is 19.8 Å². The Morgan fingerprint density at radius 2 is 2.11 bits per heavy atom. The fraction of sp³-hybridized carbons (Fsp3) is 0.286. The van der Waals surface area contributed by atoms with E-state index in [1.165, 1.54) is 0 Å². The van der Waals surface area contributed by atoms with E-state index in [0.717, 1.165) is 27.8 Å². The lowest BCUT2D eigenvalue weighted by Crippen LogP contribution is -2.19. The van der Waals surface area contributed by atoms with Crippen molar-refractivity contribution < 1.29 is 4.79 Å². The van der Waals surface area contributed by atoms with E-state index in [1.54, 1.807) is 6.20 Å². The molecule has 1 aliphatic rings. The second kappa shape index (κ2) is 4.35. The first-order valence-electron chi connectivity index (χ1n) is 6.02. The van der Waals surface area contributed by atoms with Crippen LogP contribution in [0.2, 0.25) is 0 Å². The van der Waals surface area contributed by atoms with Gasteiger partial charge in [-0.15, -0.1) is 0 Å². The van der Waals surface area contributed by atoms with Gasteiger partial charge in [-0.3, -0.25) is 4.79 Å². The highest BCUT2D eigenvalue weighted by Crippen LogP contribution is 2.29. The van der Waals surface area contributed by atoms with Gasteiger partial charge in [-0.2, -0.15) is 5.10 Å². The van der Waals surface area contributed by atoms with Crippen LogP contribution in [0.4, 0.5) is 0 Å². The molecule has 1 atom stereocenters. The van der Waals surface area contributed by atoms with Crippen molar-refractivity contribution in [2.75, 3.05) is 0 Å². The number of ketones is 1. The van der Waals surface area contributed by atoms with Crippen LogP contribution in [0.3, 0.4) is 0 Å². The number of carbonyl (C=O) groups is 1. The van der Waals surface area contributed by atoms with Crippen LogP contribution in [0.25, 0.3) is 5.69 Å². The molecule has 0 spiro atoms. The number of hydrogen-bond acceptors (Lipinski definition) is 2. The summed E-state index contributed by atoms with van der Waals surface area (Å²) in [5, 5.41) is 4.38. The Bertz CT molecular complexity index is 618. The summed E-state index contributed by atoms with van der Waals surface area (Å²) in [4.78, 5) is 12.0. The normalized spacial score (nSPS) is 18.8. The molecule has 1 aromatic heterocycles. The molecule has 0 fully saturated rings.